The molecule has 11 heteroatoms. The van der Waals surface area contributed by atoms with E-state index in [4.69, 9.17) is 0 Å². The number of halogens is 3. The minimum absolute atomic E-state index is 0.0373. The number of hydrogen-bond acceptors (Lipinski definition) is 6. The summed E-state index contributed by atoms with van der Waals surface area (Å²) >= 11 is 0. The number of piperazine rings is 1. The second-order valence-electron chi connectivity index (χ2n) is 8.35. The number of alkyl halides is 3. The highest BCUT2D eigenvalue weighted by atomic mass is 19.4. The second kappa shape index (κ2) is 7.05. The van der Waals surface area contributed by atoms with Crippen LogP contribution in [0.25, 0.3) is 27.8 Å². The second-order valence-corrected chi connectivity index (χ2v) is 8.35. The van der Waals surface area contributed by atoms with Gasteiger partial charge in [0.15, 0.2) is 0 Å². The van der Waals surface area contributed by atoms with E-state index in [1.165, 1.54) is 17.1 Å². The van der Waals surface area contributed by atoms with Crippen LogP contribution in [-0.2, 0) is 6.30 Å². The molecule has 2 bridgehead atoms. The van der Waals surface area contributed by atoms with Crippen molar-refractivity contribution in [3.05, 3.63) is 54.7 Å². The van der Waals surface area contributed by atoms with Gasteiger partial charge in [0.05, 0.1) is 23.5 Å². The fourth-order valence-corrected chi connectivity index (χ4v) is 4.62. The van der Waals surface area contributed by atoms with E-state index in [1.54, 1.807) is 18.5 Å². The van der Waals surface area contributed by atoms with Gasteiger partial charge in [0.1, 0.15) is 11.9 Å². The average Bonchev–Trinajstić information content (AvgIpc) is 3.45. The lowest BCUT2D eigenvalue weighted by Crippen LogP contribution is -2.67. The van der Waals surface area contributed by atoms with E-state index in [-0.39, 0.29) is 10.2 Å². The molecule has 0 radical (unpaired) electrons. The number of piperidine rings is 1. The predicted molar refractivity (Wildman–Crippen MR) is 113 cm³/mol. The Labute approximate surface area is 185 Å². The molecule has 0 saturated carbocycles. The summed E-state index contributed by atoms with van der Waals surface area (Å²) in [4.78, 5) is 6.89. The maximum Gasteiger partial charge on any atom is 0.504 e. The number of hydrogen-bond donors (Lipinski definition) is 1. The molecule has 0 amide bonds. The molecule has 0 aliphatic carbocycles. The third-order valence-corrected chi connectivity index (χ3v) is 6.21. The van der Waals surface area contributed by atoms with Gasteiger partial charge in [0.25, 0.3) is 0 Å². The van der Waals surface area contributed by atoms with Crippen LogP contribution < -0.4 is 10.2 Å². The van der Waals surface area contributed by atoms with Crippen molar-refractivity contribution in [3.8, 4) is 28.3 Å². The first-order valence-corrected chi connectivity index (χ1v) is 10.4. The summed E-state index contributed by atoms with van der Waals surface area (Å²) in [6.07, 6.45) is 3.44. The Balaban J connectivity index is 1.42. The van der Waals surface area contributed by atoms with E-state index in [0.717, 1.165) is 36.9 Å². The van der Waals surface area contributed by atoms with Crippen molar-refractivity contribution in [2.24, 2.45) is 0 Å². The molecule has 7 rings (SSSR count). The Bertz CT molecular complexity index is 1380. The quantitative estimate of drug-likeness (QED) is 0.516. The van der Waals surface area contributed by atoms with E-state index < -0.39 is 6.30 Å². The molecule has 8 nitrogen and oxygen atoms in total. The minimum atomic E-state index is -4.60. The fourth-order valence-electron chi connectivity index (χ4n) is 4.62. The molecule has 3 fully saturated rings. The fraction of sp³-hybridized carbons (Fsp3) is 0.273. The summed E-state index contributed by atoms with van der Waals surface area (Å²) in [5.74, 6) is 0.877. The van der Waals surface area contributed by atoms with Gasteiger partial charge in [-0.05, 0) is 24.6 Å². The number of nitriles is 1. The van der Waals surface area contributed by atoms with Crippen molar-refractivity contribution in [2.75, 3.05) is 18.0 Å². The predicted octanol–water partition coefficient (Wildman–Crippen LogP) is 3.16. The van der Waals surface area contributed by atoms with Gasteiger partial charge in [-0.25, -0.2) is 9.50 Å². The van der Waals surface area contributed by atoms with Gasteiger partial charge in [-0.1, -0.05) is 0 Å². The third kappa shape index (κ3) is 3.30. The number of anilines is 1. The first kappa shape index (κ1) is 19.8. The first-order chi connectivity index (χ1) is 15.9. The van der Waals surface area contributed by atoms with Crippen molar-refractivity contribution >= 4 is 11.3 Å². The average molecular weight is 450 g/mol. The van der Waals surface area contributed by atoms with Crippen LogP contribution in [0, 0.1) is 11.3 Å². The summed E-state index contributed by atoms with van der Waals surface area (Å²) in [6, 6.07) is 8.74. The number of nitrogens with one attached hydrogen (secondary N) is 1. The van der Waals surface area contributed by atoms with Crippen molar-refractivity contribution in [1.29, 1.82) is 5.26 Å². The lowest BCUT2D eigenvalue weighted by Gasteiger charge is -2.48. The summed E-state index contributed by atoms with van der Waals surface area (Å²) in [5, 5.41) is 20.7. The molecular weight excluding hydrogens is 433 g/mol. The summed E-state index contributed by atoms with van der Waals surface area (Å²) < 4.78 is 40.5. The summed E-state index contributed by atoms with van der Waals surface area (Å²) in [7, 11) is 0. The molecule has 3 saturated heterocycles. The van der Waals surface area contributed by atoms with E-state index in [2.05, 4.69) is 31.5 Å². The van der Waals surface area contributed by atoms with Gasteiger partial charge in [0.2, 0.25) is 0 Å². The van der Waals surface area contributed by atoms with Crippen molar-refractivity contribution < 1.29 is 13.2 Å². The molecule has 0 aromatic carbocycles. The third-order valence-electron chi connectivity index (χ3n) is 6.21. The molecule has 2 unspecified atom stereocenters. The zero-order chi connectivity index (χ0) is 22.7. The maximum absolute atomic E-state index is 13.0. The van der Waals surface area contributed by atoms with Gasteiger partial charge in [-0.15, -0.1) is 13.2 Å². The van der Waals surface area contributed by atoms with E-state index in [9.17, 15) is 18.4 Å². The maximum atomic E-state index is 13.0. The standard InChI is InChI=1S/C22H17F3N8/c23-22(24,25)33-10-16(8-29-33)14-3-19(21-15(5-26)7-28-32(21)9-14)13-1-2-20(27-6-13)31-11-17-4-18(12-31)30-17/h1-3,6-10,17-18,30H,4,11-12H2. The molecule has 33 heavy (non-hydrogen) atoms. The molecule has 4 aromatic rings. The topological polar surface area (TPSA) is 87.1 Å². The van der Waals surface area contributed by atoms with Crippen molar-refractivity contribution in [3.63, 3.8) is 0 Å². The van der Waals surface area contributed by atoms with Crippen molar-refractivity contribution in [2.45, 2.75) is 24.8 Å². The normalized spacial score (nSPS) is 20.0. The Morgan fingerprint density at radius 3 is 2.42 bits per heavy atom. The molecule has 1 N–H and O–H groups in total. The van der Waals surface area contributed by atoms with Crippen LogP contribution >= 0.6 is 0 Å². The van der Waals surface area contributed by atoms with E-state index in [0.29, 0.717) is 34.3 Å². The minimum Gasteiger partial charge on any atom is -0.353 e. The zero-order valence-electron chi connectivity index (χ0n) is 17.2. The molecule has 0 spiro atoms. The number of fused-ring (bicyclic) bond motifs is 3. The SMILES string of the molecule is N#Cc1cnn2cc(-c3cnn(C(F)(F)F)c3)cc(-c3ccc(N4CC5CC(C4)N5)nc3)c12. The molecule has 2 atom stereocenters. The lowest BCUT2D eigenvalue weighted by atomic mass is 9.91. The van der Waals surface area contributed by atoms with Crippen LogP contribution in [0.4, 0.5) is 19.0 Å². The van der Waals surface area contributed by atoms with Gasteiger partial charge in [-0.3, -0.25) is 0 Å². The van der Waals surface area contributed by atoms with Crippen LogP contribution in [0.2, 0.25) is 0 Å². The van der Waals surface area contributed by atoms with Crippen LogP contribution in [-0.4, -0.2) is 49.6 Å². The first-order valence-electron chi connectivity index (χ1n) is 10.4. The summed E-state index contributed by atoms with van der Waals surface area (Å²) in [5.41, 5.74) is 3.12. The van der Waals surface area contributed by atoms with Crippen LogP contribution in [0.15, 0.2) is 49.2 Å². The molecule has 3 aliphatic rings. The largest absolute Gasteiger partial charge is 0.504 e. The summed E-state index contributed by atoms with van der Waals surface area (Å²) in [6.45, 7) is 1.82. The highest BCUT2D eigenvalue weighted by Gasteiger charge is 2.36. The smallest absolute Gasteiger partial charge is 0.353 e. The van der Waals surface area contributed by atoms with Gasteiger partial charge >= 0.3 is 6.30 Å². The van der Waals surface area contributed by atoms with Crippen LogP contribution in [0.1, 0.15) is 12.0 Å². The Morgan fingerprint density at radius 1 is 1.00 bits per heavy atom. The number of nitrogens with zero attached hydrogens (tertiary/aromatic N) is 7. The Hall–Kier alpha value is -3.91. The molecule has 3 aliphatic heterocycles. The molecule has 7 heterocycles. The molecule has 166 valence electrons. The van der Waals surface area contributed by atoms with Gasteiger partial charge in [-0.2, -0.15) is 20.1 Å². The number of rotatable bonds is 3. The van der Waals surface area contributed by atoms with Crippen molar-refractivity contribution in [1.82, 2.24) is 29.7 Å². The number of aromatic nitrogens is 5. The highest BCUT2D eigenvalue weighted by molar-refractivity contribution is 5.87. The van der Waals surface area contributed by atoms with Crippen LogP contribution in [0.5, 0.6) is 0 Å². The van der Waals surface area contributed by atoms with Crippen LogP contribution in [0.3, 0.4) is 0 Å². The molecular formula is C22H17F3N8. The highest BCUT2D eigenvalue weighted by Crippen LogP contribution is 2.34. The van der Waals surface area contributed by atoms with E-state index in [1.807, 2.05) is 12.1 Å². The Kier molecular flexibility index (Phi) is 4.22. The Morgan fingerprint density at radius 2 is 1.79 bits per heavy atom. The van der Waals surface area contributed by atoms with E-state index >= 15 is 0 Å². The zero-order valence-corrected chi connectivity index (χ0v) is 17.2. The van der Waals surface area contributed by atoms with Gasteiger partial charge in [0, 0.05) is 66.0 Å². The van der Waals surface area contributed by atoms with Gasteiger partial charge < -0.3 is 10.2 Å². The monoisotopic (exact) mass is 450 g/mol. The number of pyridine rings is 2. The lowest BCUT2D eigenvalue weighted by molar-refractivity contribution is -0.212. The molecule has 4 aromatic heterocycles.